The van der Waals surface area contributed by atoms with Gasteiger partial charge in [-0.3, -0.25) is 14.5 Å². The average molecular weight is 470 g/mol. The molecule has 1 N–H and O–H groups in total. The summed E-state index contributed by atoms with van der Waals surface area (Å²) in [6, 6.07) is 6.50. The Bertz CT molecular complexity index is 1040. The molecule has 0 unspecified atom stereocenters. The summed E-state index contributed by atoms with van der Waals surface area (Å²) >= 11 is 0. The number of nitriles is 1. The van der Waals surface area contributed by atoms with E-state index in [4.69, 9.17) is 4.74 Å². The fourth-order valence-corrected chi connectivity index (χ4v) is 4.62. The van der Waals surface area contributed by atoms with Gasteiger partial charge in [-0.15, -0.1) is 0 Å². The molecule has 3 fully saturated rings. The molecule has 3 amide bonds. The van der Waals surface area contributed by atoms with E-state index in [9.17, 15) is 24.0 Å². The first-order valence-electron chi connectivity index (χ1n) is 11.5. The lowest BCUT2D eigenvalue weighted by molar-refractivity contribution is -0.126. The Kier molecular flexibility index (Phi) is 7.01. The summed E-state index contributed by atoms with van der Waals surface area (Å²) in [5.41, 5.74) is 1.85. The van der Waals surface area contributed by atoms with E-state index in [1.54, 1.807) is 23.1 Å². The molecule has 0 aromatic heterocycles. The van der Waals surface area contributed by atoms with Gasteiger partial charge in [-0.2, -0.15) is 5.26 Å². The zero-order valence-corrected chi connectivity index (χ0v) is 19.1. The number of piperidine rings is 1. The van der Waals surface area contributed by atoms with Crippen LogP contribution in [0.4, 0.5) is 20.6 Å². The maximum atomic E-state index is 15.0. The summed E-state index contributed by atoms with van der Waals surface area (Å²) in [5.74, 6) is -0.762. The minimum atomic E-state index is -0.573. The standard InChI is InChI=1S/C24H28FN5O4/c1-16(31)27-14-20-15-30(24(33)34-20)18-4-5-22(21(25)12-18)28-9-6-17(7-10-28)11-23(32)29-8-2-3-19(29)13-26/h4-5,11-12,19-20H,2-3,6-10,14-15H2,1H3,(H,27,31)/t19-,20-/m0/s1. The van der Waals surface area contributed by atoms with E-state index in [1.807, 2.05) is 4.90 Å². The second kappa shape index (κ2) is 10.1. The largest absolute Gasteiger partial charge is 0.442 e. The lowest BCUT2D eigenvalue weighted by Crippen LogP contribution is -2.35. The minimum absolute atomic E-state index is 0.114. The van der Waals surface area contributed by atoms with Gasteiger partial charge in [0.25, 0.3) is 0 Å². The molecular weight excluding hydrogens is 441 g/mol. The first-order chi connectivity index (χ1) is 16.4. The number of carbonyl (C=O) groups excluding carboxylic acids is 3. The van der Waals surface area contributed by atoms with Crippen LogP contribution in [-0.4, -0.2) is 67.7 Å². The summed E-state index contributed by atoms with van der Waals surface area (Å²) in [7, 11) is 0. The van der Waals surface area contributed by atoms with Gasteiger partial charge >= 0.3 is 6.09 Å². The molecule has 4 rings (SSSR count). The highest BCUT2D eigenvalue weighted by Crippen LogP contribution is 2.30. The number of benzene rings is 1. The molecule has 3 aliphatic rings. The molecule has 3 aliphatic heterocycles. The van der Waals surface area contributed by atoms with Crippen molar-refractivity contribution >= 4 is 29.3 Å². The zero-order chi connectivity index (χ0) is 24.2. The van der Waals surface area contributed by atoms with Crippen LogP contribution >= 0.6 is 0 Å². The van der Waals surface area contributed by atoms with Crippen LogP contribution in [0.3, 0.4) is 0 Å². The molecule has 1 aromatic carbocycles. The Balaban J connectivity index is 1.35. The molecule has 10 heteroatoms. The van der Waals surface area contributed by atoms with Crippen molar-refractivity contribution in [3.63, 3.8) is 0 Å². The highest BCUT2D eigenvalue weighted by Gasteiger charge is 2.33. The molecule has 0 spiro atoms. The fraction of sp³-hybridized carbons (Fsp3) is 0.500. The maximum Gasteiger partial charge on any atom is 0.414 e. The molecule has 3 heterocycles. The van der Waals surface area contributed by atoms with Gasteiger partial charge in [0.15, 0.2) is 0 Å². The predicted octanol–water partition coefficient (Wildman–Crippen LogP) is 2.33. The number of nitrogens with one attached hydrogen (secondary N) is 1. The minimum Gasteiger partial charge on any atom is -0.442 e. The van der Waals surface area contributed by atoms with Gasteiger partial charge < -0.3 is 19.9 Å². The van der Waals surface area contributed by atoms with Gasteiger partial charge in [0.05, 0.1) is 30.5 Å². The number of carbonyl (C=O) groups is 3. The molecule has 0 saturated carbocycles. The van der Waals surface area contributed by atoms with E-state index in [0.29, 0.717) is 43.9 Å². The first-order valence-corrected chi connectivity index (χ1v) is 11.5. The van der Waals surface area contributed by atoms with Crippen LogP contribution in [0.1, 0.15) is 32.6 Å². The molecule has 2 atom stereocenters. The average Bonchev–Trinajstić information content (AvgIpc) is 3.44. The second-order valence-corrected chi connectivity index (χ2v) is 8.80. The second-order valence-electron chi connectivity index (χ2n) is 8.80. The summed E-state index contributed by atoms with van der Waals surface area (Å²) in [6.45, 7) is 3.58. The van der Waals surface area contributed by atoms with E-state index in [0.717, 1.165) is 18.4 Å². The van der Waals surface area contributed by atoms with Crippen molar-refractivity contribution < 1.29 is 23.5 Å². The Morgan fingerprint density at radius 3 is 2.74 bits per heavy atom. The van der Waals surface area contributed by atoms with Crippen molar-refractivity contribution in [2.75, 3.05) is 42.5 Å². The number of cyclic esters (lactones) is 1. The van der Waals surface area contributed by atoms with Crippen LogP contribution in [0.2, 0.25) is 0 Å². The Labute approximate surface area is 197 Å². The van der Waals surface area contributed by atoms with E-state index >= 15 is 0 Å². The van der Waals surface area contributed by atoms with Crippen LogP contribution in [0, 0.1) is 17.1 Å². The first kappa shape index (κ1) is 23.5. The molecule has 180 valence electrons. The van der Waals surface area contributed by atoms with Crippen molar-refractivity contribution in [1.29, 1.82) is 5.26 Å². The number of amides is 3. The van der Waals surface area contributed by atoms with Crippen LogP contribution in [0.15, 0.2) is 29.8 Å². The number of anilines is 2. The van der Waals surface area contributed by atoms with Gasteiger partial charge in [0, 0.05) is 32.6 Å². The number of halogens is 1. The summed E-state index contributed by atoms with van der Waals surface area (Å²) in [4.78, 5) is 40.7. The third-order valence-electron chi connectivity index (χ3n) is 6.45. The van der Waals surface area contributed by atoms with Gasteiger partial charge in [-0.25, -0.2) is 9.18 Å². The molecule has 1 aromatic rings. The third kappa shape index (κ3) is 5.14. The lowest BCUT2D eigenvalue weighted by atomic mass is 10.0. The third-order valence-corrected chi connectivity index (χ3v) is 6.45. The van der Waals surface area contributed by atoms with Crippen molar-refractivity contribution in [1.82, 2.24) is 10.2 Å². The van der Waals surface area contributed by atoms with Crippen molar-refractivity contribution in [3.8, 4) is 6.07 Å². The number of hydrogen-bond acceptors (Lipinski definition) is 6. The van der Waals surface area contributed by atoms with Crippen molar-refractivity contribution in [3.05, 3.63) is 35.7 Å². The van der Waals surface area contributed by atoms with Gasteiger partial charge in [-0.1, -0.05) is 5.57 Å². The van der Waals surface area contributed by atoms with Crippen molar-refractivity contribution in [2.24, 2.45) is 0 Å². The molecule has 0 bridgehead atoms. The summed E-state index contributed by atoms with van der Waals surface area (Å²) in [5, 5.41) is 11.8. The quantitative estimate of drug-likeness (QED) is 0.664. The number of hydrogen-bond donors (Lipinski definition) is 1. The molecule has 34 heavy (non-hydrogen) atoms. The Morgan fingerprint density at radius 2 is 2.06 bits per heavy atom. The van der Waals surface area contributed by atoms with Crippen LogP contribution in [0.5, 0.6) is 0 Å². The van der Waals surface area contributed by atoms with Crippen LogP contribution in [0.25, 0.3) is 0 Å². The smallest absolute Gasteiger partial charge is 0.414 e. The van der Waals surface area contributed by atoms with Gasteiger partial charge in [0.1, 0.15) is 18.0 Å². The Morgan fingerprint density at radius 1 is 1.29 bits per heavy atom. The van der Waals surface area contributed by atoms with E-state index in [1.165, 1.54) is 17.9 Å². The van der Waals surface area contributed by atoms with E-state index < -0.39 is 18.0 Å². The zero-order valence-electron chi connectivity index (χ0n) is 19.1. The molecule has 0 radical (unpaired) electrons. The molecule has 0 aliphatic carbocycles. The highest BCUT2D eigenvalue weighted by molar-refractivity contribution is 5.90. The SMILES string of the molecule is CC(=O)NC[C@H]1CN(c2ccc(N3CCC(=CC(=O)N4CCC[C@H]4C#N)CC3)c(F)c2)C(=O)O1. The van der Waals surface area contributed by atoms with Crippen molar-refractivity contribution in [2.45, 2.75) is 44.8 Å². The van der Waals surface area contributed by atoms with E-state index in [-0.39, 0.29) is 30.9 Å². The predicted molar refractivity (Wildman–Crippen MR) is 123 cm³/mol. The highest BCUT2D eigenvalue weighted by atomic mass is 19.1. The molecule has 3 saturated heterocycles. The Hall–Kier alpha value is -3.61. The lowest BCUT2D eigenvalue weighted by Gasteiger charge is -2.31. The normalized spacial score (nSPS) is 22.4. The molecule has 9 nitrogen and oxygen atoms in total. The van der Waals surface area contributed by atoms with Gasteiger partial charge in [0.2, 0.25) is 11.8 Å². The molecular formula is C24H28FN5O4. The number of ether oxygens (including phenoxy) is 1. The van der Waals surface area contributed by atoms with Gasteiger partial charge in [-0.05, 0) is 43.9 Å². The van der Waals surface area contributed by atoms with Crippen LogP contribution in [-0.2, 0) is 14.3 Å². The number of nitrogens with zero attached hydrogens (tertiary/aromatic N) is 4. The monoisotopic (exact) mass is 469 g/mol. The summed E-state index contributed by atoms with van der Waals surface area (Å²) in [6.07, 6.45) is 3.43. The topological polar surface area (TPSA) is 106 Å². The fourth-order valence-electron chi connectivity index (χ4n) is 4.62. The van der Waals surface area contributed by atoms with E-state index in [2.05, 4.69) is 11.4 Å². The van der Waals surface area contributed by atoms with Crippen LogP contribution < -0.4 is 15.1 Å². The number of rotatable bonds is 5. The summed E-state index contributed by atoms with van der Waals surface area (Å²) < 4.78 is 20.2. The number of likely N-dealkylation sites (tertiary alicyclic amines) is 1. The maximum absolute atomic E-state index is 15.0.